The second-order valence-corrected chi connectivity index (χ2v) is 8.79. The van der Waals surface area contributed by atoms with Crippen LogP contribution in [0, 0.1) is 10.1 Å². The normalized spacial score (nSPS) is 17.0. The Morgan fingerprint density at radius 2 is 1.89 bits per heavy atom. The molecular weight excluding hydrogens is 384 g/mol. The van der Waals surface area contributed by atoms with Crippen molar-refractivity contribution >= 4 is 21.4 Å². The highest BCUT2D eigenvalue weighted by atomic mass is 32.2. The van der Waals surface area contributed by atoms with Gasteiger partial charge in [-0.25, -0.2) is 8.42 Å². The fourth-order valence-electron chi connectivity index (χ4n) is 3.18. The summed E-state index contributed by atoms with van der Waals surface area (Å²) in [6, 6.07) is 9.95. The van der Waals surface area contributed by atoms with Crippen molar-refractivity contribution in [3.05, 3.63) is 58.1 Å². The molecule has 3 rings (SSSR count). The Morgan fingerprint density at radius 1 is 1.21 bits per heavy atom. The molecule has 2 aromatic carbocycles. The molecule has 148 valence electrons. The number of benzene rings is 2. The van der Waals surface area contributed by atoms with E-state index in [1.54, 1.807) is 18.9 Å². The van der Waals surface area contributed by atoms with Gasteiger partial charge in [0.15, 0.2) is 9.84 Å². The van der Waals surface area contributed by atoms with Gasteiger partial charge in [0.1, 0.15) is 11.5 Å². The number of hydrogen-bond acceptors (Lipinski definition) is 6. The zero-order valence-corrected chi connectivity index (χ0v) is 16.3. The molecular formula is C19H20N2O6S. The van der Waals surface area contributed by atoms with Crippen molar-refractivity contribution < 1.29 is 22.9 Å². The summed E-state index contributed by atoms with van der Waals surface area (Å²) >= 11 is 0. The summed E-state index contributed by atoms with van der Waals surface area (Å²) < 4.78 is 29.7. The smallest absolute Gasteiger partial charge is 0.270 e. The highest BCUT2D eigenvalue weighted by molar-refractivity contribution is 7.91. The number of hydrogen-bond donors (Lipinski definition) is 0. The van der Waals surface area contributed by atoms with Crippen molar-refractivity contribution in [2.24, 2.45) is 0 Å². The summed E-state index contributed by atoms with van der Waals surface area (Å²) in [6.45, 7) is 1.57. The van der Waals surface area contributed by atoms with Gasteiger partial charge in [0.25, 0.3) is 5.69 Å². The number of nitro groups is 1. The number of sulfone groups is 1. The Morgan fingerprint density at radius 3 is 2.43 bits per heavy atom. The van der Waals surface area contributed by atoms with Gasteiger partial charge in [-0.15, -0.1) is 0 Å². The average Bonchev–Trinajstić information content (AvgIpc) is 3.01. The van der Waals surface area contributed by atoms with Crippen LogP contribution >= 0.6 is 0 Å². The quantitative estimate of drug-likeness (QED) is 0.539. The summed E-state index contributed by atoms with van der Waals surface area (Å²) in [5, 5.41) is 11.2. The molecule has 8 nitrogen and oxygen atoms in total. The third kappa shape index (κ3) is 3.84. The topological polar surface area (TPSA) is 107 Å². The third-order valence-electron chi connectivity index (χ3n) is 4.85. The highest BCUT2D eigenvalue weighted by Crippen LogP contribution is 2.40. The summed E-state index contributed by atoms with van der Waals surface area (Å²) in [5.41, 5.74) is 0.465. The molecule has 0 radical (unpaired) electrons. The lowest BCUT2D eigenvalue weighted by molar-refractivity contribution is -0.385. The number of non-ortho nitro benzene ring substituents is 1. The number of amides is 1. The zero-order valence-electron chi connectivity index (χ0n) is 15.5. The average molecular weight is 404 g/mol. The molecule has 0 saturated carbocycles. The van der Waals surface area contributed by atoms with Crippen molar-refractivity contribution in [3.63, 3.8) is 0 Å². The van der Waals surface area contributed by atoms with E-state index in [-0.39, 0.29) is 28.3 Å². The molecule has 1 aliphatic rings. The van der Waals surface area contributed by atoms with Gasteiger partial charge >= 0.3 is 0 Å². The Hall–Kier alpha value is -2.94. The number of nitro benzene ring substituents is 1. The van der Waals surface area contributed by atoms with Crippen LogP contribution < -0.4 is 4.74 Å². The van der Waals surface area contributed by atoms with Crippen LogP contribution in [-0.4, -0.2) is 36.9 Å². The maximum Gasteiger partial charge on any atom is 0.270 e. The van der Waals surface area contributed by atoms with E-state index in [9.17, 15) is 23.3 Å². The molecule has 0 spiro atoms. The Bertz CT molecular complexity index is 1020. The van der Waals surface area contributed by atoms with E-state index in [4.69, 9.17) is 4.74 Å². The second-order valence-electron chi connectivity index (χ2n) is 6.52. The van der Waals surface area contributed by atoms with Crippen LogP contribution in [0.3, 0.4) is 0 Å². The molecule has 0 bridgehead atoms. The molecule has 1 aliphatic heterocycles. The van der Waals surface area contributed by atoms with Gasteiger partial charge < -0.3 is 9.64 Å². The van der Waals surface area contributed by atoms with Crippen molar-refractivity contribution in [2.75, 3.05) is 12.8 Å². The van der Waals surface area contributed by atoms with Gasteiger partial charge in [0.2, 0.25) is 5.91 Å². The fraction of sp³-hybridized carbons (Fsp3) is 0.316. The Labute approximate surface area is 162 Å². The maximum absolute atomic E-state index is 11.9. The van der Waals surface area contributed by atoms with Gasteiger partial charge in [-0.05, 0) is 36.8 Å². The van der Waals surface area contributed by atoms with Crippen molar-refractivity contribution in [1.82, 2.24) is 4.90 Å². The van der Waals surface area contributed by atoms with Gasteiger partial charge in [0.05, 0.1) is 21.6 Å². The number of rotatable bonds is 6. The third-order valence-corrected chi connectivity index (χ3v) is 6.60. The molecule has 9 heteroatoms. The minimum Gasteiger partial charge on any atom is -0.457 e. The van der Waals surface area contributed by atoms with E-state index in [0.717, 1.165) is 0 Å². The molecule has 0 aliphatic carbocycles. The lowest BCUT2D eigenvalue weighted by atomic mass is 10.0. The minimum atomic E-state index is -3.31. The SMILES string of the molecule is CCS(=O)(=O)c1ccc(Oc2ccc([N+](=O)[O-])cc2C2CCC(=O)N2C)cc1. The summed E-state index contributed by atoms with van der Waals surface area (Å²) in [6.07, 6.45) is 0.910. The van der Waals surface area contributed by atoms with Crippen LogP contribution in [-0.2, 0) is 14.6 Å². The molecule has 28 heavy (non-hydrogen) atoms. The molecule has 0 N–H and O–H groups in total. The Balaban J connectivity index is 1.95. The standard InChI is InChI=1S/C19H20N2O6S/c1-3-28(25,26)15-7-5-14(6-8-15)27-18-10-4-13(21(23)24)12-16(18)17-9-11-19(22)20(17)2/h4-8,10,12,17H,3,9,11H2,1-2H3. The van der Waals surface area contributed by atoms with Crippen molar-refractivity contribution in [3.8, 4) is 11.5 Å². The van der Waals surface area contributed by atoms with E-state index >= 15 is 0 Å². The minimum absolute atomic E-state index is 0.00173. The van der Waals surface area contributed by atoms with E-state index in [1.165, 1.54) is 42.5 Å². The maximum atomic E-state index is 11.9. The summed E-state index contributed by atoms with van der Waals surface area (Å²) in [7, 11) is -1.65. The predicted molar refractivity (Wildman–Crippen MR) is 102 cm³/mol. The molecule has 1 amide bonds. The van der Waals surface area contributed by atoms with E-state index in [0.29, 0.717) is 29.9 Å². The number of ether oxygens (including phenoxy) is 1. The van der Waals surface area contributed by atoms with Crippen LogP contribution in [0.25, 0.3) is 0 Å². The number of nitrogens with zero attached hydrogens (tertiary/aromatic N) is 2. The molecule has 1 saturated heterocycles. The second kappa shape index (κ2) is 7.59. The van der Waals surface area contributed by atoms with E-state index in [1.807, 2.05) is 0 Å². The van der Waals surface area contributed by atoms with Gasteiger partial charge in [0, 0.05) is 31.2 Å². The molecule has 2 aromatic rings. The van der Waals surface area contributed by atoms with Gasteiger partial charge in [-0.3, -0.25) is 14.9 Å². The monoisotopic (exact) mass is 404 g/mol. The van der Waals surface area contributed by atoms with Crippen LogP contribution in [0.15, 0.2) is 47.4 Å². The molecule has 1 fully saturated rings. The molecule has 1 heterocycles. The zero-order chi connectivity index (χ0) is 20.5. The number of likely N-dealkylation sites (tertiary alicyclic amines) is 1. The van der Waals surface area contributed by atoms with Crippen molar-refractivity contribution in [2.45, 2.75) is 30.7 Å². The van der Waals surface area contributed by atoms with Crippen LogP contribution in [0.2, 0.25) is 0 Å². The van der Waals surface area contributed by atoms with Gasteiger partial charge in [-0.2, -0.15) is 0 Å². The molecule has 1 atom stereocenters. The van der Waals surface area contributed by atoms with Crippen LogP contribution in [0.4, 0.5) is 5.69 Å². The first-order valence-electron chi connectivity index (χ1n) is 8.77. The number of carbonyl (C=O) groups excluding carboxylic acids is 1. The van der Waals surface area contributed by atoms with Gasteiger partial charge in [-0.1, -0.05) is 6.92 Å². The first-order valence-corrected chi connectivity index (χ1v) is 10.4. The first-order chi connectivity index (χ1) is 13.2. The number of carbonyl (C=O) groups is 1. The molecule has 1 unspecified atom stereocenters. The van der Waals surface area contributed by atoms with Crippen LogP contribution in [0.5, 0.6) is 11.5 Å². The predicted octanol–water partition coefficient (Wildman–Crippen LogP) is 3.47. The van der Waals surface area contributed by atoms with Crippen molar-refractivity contribution in [1.29, 1.82) is 0 Å². The fourth-order valence-corrected chi connectivity index (χ4v) is 4.06. The first kappa shape index (κ1) is 19.8. The summed E-state index contributed by atoms with van der Waals surface area (Å²) in [4.78, 5) is 24.3. The van der Waals surface area contributed by atoms with Crippen LogP contribution in [0.1, 0.15) is 31.4 Å². The molecule has 0 aromatic heterocycles. The Kier molecular flexibility index (Phi) is 5.37. The highest BCUT2D eigenvalue weighted by Gasteiger charge is 2.32. The lowest BCUT2D eigenvalue weighted by Crippen LogP contribution is -2.22. The van der Waals surface area contributed by atoms with E-state index < -0.39 is 14.8 Å². The largest absolute Gasteiger partial charge is 0.457 e. The van der Waals surface area contributed by atoms with E-state index in [2.05, 4.69) is 0 Å². The lowest BCUT2D eigenvalue weighted by Gasteiger charge is -2.22. The summed E-state index contributed by atoms with van der Waals surface area (Å²) in [5.74, 6) is 0.763.